The van der Waals surface area contributed by atoms with Gasteiger partial charge in [0.15, 0.2) is 0 Å². The van der Waals surface area contributed by atoms with Gasteiger partial charge >= 0.3 is 0 Å². The lowest BCUT2D eigenvalue weighted by molar-refractivity contribution is -0.122. The average Bonchev–Trinajstić information content (AvgIpc) is 2.96. The molecular weight excluding hydrogens is 558 g/mol. The molecule has 0 saturated carbocycles. The largest absolute Gasteiger partial charge is 0.387 e. The van der Waals surface area contributed by atoms with Crippen molar-refractivity contribution in [3.8, 4) is 0 Å². The first-order valence-corrected chi connectivity index (χ1v) is 18.2. The SMILES string of the molecule is CC/C=C\C/C=C\C/C=C\CCCCCCCC(=O)NC(CS(=O)(=O)O)C(O)/C=C/CC/C=C/CC/C=C/CCCCC. The molecule has 0 aliphatic rings. The zero-order valence-corrected chi connectivity index (χ0v) is 27.9. The molecule has 0 aliphatic carbocycles. The summed E-state index contributed by atoms with van der Waals surface area (Å²) in [5.74, 6) is -1.04. The van der Waals surface area contributed by atoms with Crippen LogP contribution >= 0.6 is 0 Å². The Hall–Kier alpha value is -2.22. The fourth-order valence-electron chi connectivity index (χ4n) is 4.37. The molecule has 43 heavy (non-hydrogen) atoms. The Balaban J connectivity index is 4.18. The zero-order chi connectivity index (χ0) is 31.9. The Bertz CT molecular complexity index is 947. The number of aliphatic hydroxyl groups is 1. The number of rotatable bonds is 28. The van der Waals surface area contributed by atoms with Gasteiger partial charge in [-0.3, -0.25) is 9.35 Å². The molecule has 0 heterocycles. The van der Waals surface area contributed by atoms with Gasteiger partial charge in [0.25, 0.3) is 10.1 Å². The number of hydrogen-bond donors (Lipinski definition) is 3. The summed E-state index contributed by atoms with van der Waals surface area (Å²) in [6.07, 6.45) is 41.6. The third-order valence-corrected chi connectivity index (χ3v) is 7.62. The summed E-state index contributed by atoms with van der Waals surface area (Å²) in [5, 5.41) is 13.1. The molecule has 246 valence electrons. The van der Waals surface area contributed by atoms with Crippen molar-refractivity contribution < 1.29 is 22.9 Å². The van der Waals surface area contributed by atoms with Crippen molar-refractivity contribution in [1.29, 1.82) is 0 Å². The molecule has 0 aromatic carbocycles. The van der Waals surface area contributed by atoms with Crippen LogP contribution in [0, 0.1) is 0 Å². The molecule has 0 rings (SSSR count). The fraction of sp³-hybridized carbons (Fsp3) is 0.639. The third kappa shape index (κ3) is 31.0. The summed E-state index contributed by atoms with van der Waals surface area (Å²) in [7, 11) is -4.36. The second-order valence-corrected chi connectivity index (χ2v) is 12.5. The van der Waals surface area contributed by atoms with E-state index in [9.17, 15) is 22.9 Å². The summed E-state index contributed by atoms with van der Waals surface area (Å²) >= 11 is 0. The number of carbonyl (C=O) groups is 1. The maximum absolute atomic E-state index is 12.4. The van der Waals surface area contributed by atoms with Crippen LogP contribution in [0.3, 0.4) is 0 Å². The summed E-state index contributed by atoms with van der Waals surface area (Å²) in [5.41, 5.74) is 0. The van der Waals surface area contributed by atoms with Crippen LogP contribution < -0.4 is 5.32 Å². The van der Waals surface area contributed by atoms with E-state index in [2.05, 4.69) is 79.9 Å². The van der Waals surface area contributed by atoms with Crippen molar-refractivity contribution in [2.75, 3.05) is 5.75 Å². The van der Waals surface area contributed by atoms with E-state index in [1.807, 2.05) is 0 Å². The number of hydrogen-bond acceptors (Lipinski definition) is 4. The molecule has 7 heteroatoms. The molecule has 3 N–H and O–H groups in total. The topological polar surface area (TPSA) is 104 Å². The maximum atomic E-state index is 12.4. The zero-order valence-electron chi connectivity index (χ0n) is 27.0. The summed E-state index contributed by atoms with van der Waals surface area (Å²) < 4.78 is 32.2. The average molecular weight is 620 g/mol. The highest BCUT2D eigenvalue weighted by Gasteiger charge is 2.24. The van der Waals surface area contributed by atoms with Gasteiger partial charge in [-0.1, -0.05) is 119 Å². The quantitative estimate of drug-likeness (QED) is 0.0460. The Morgan fingerprint density at radius 3 is 1.74 bits per heavy atom. The van der Waals surface area contributed by atoms with Gasteiger partial charge < -0.3 is 10.4 Å². The molecular formula is C36H61NO5S. The Morgan fingerprint density at radius 1 is 0.651 bits per heavy atom. The minimum Gasteiger partial charge on any atom is -0.387 e. The van der Waals surface area contributed by atoms with Gasteiger partial charge in [-0.25, -0.2) is 0 Å². The number of carbonyl (C=O) groups excluding carboxylic acids is 1. The van der Waals surface area contributed by atoms with E-state index >= 15 is 0 Å². The van der Waals surface area contributed by atoms with Gasteiger partial charge in [0, 0.05) is 6.42 Å². The van der Waals surface area contributed by atoms with Crippen molar-refractivity contribution in [1.82, 2.24) is 5.32 Å². The van der Waals surface area contributed by atoms with E-state index in [1.54, 1.807) is 6.08 Å². The van der Waals surface area contributed by atoms with Crippen molar-refractivity contribution in [2.45, 2.75) is 142 Å². The molecule has 0 aliphatic heterocycles. The number of allylic oxidation sites excluding steroid dienone is 11. The summed E-state index contributed by atoms with van der Waals surface area (Å²) in [6, 6.07) is -1.09. The maximum Gasteiger partial charge on any atom is 0.267 e. The lowest BCUT2D eigenvalue weighted by atomic mass is 10.1. The molecule has 0 fully saturated rings. The summed E-state index contributed by atoms with van der Waals surface area (Å²) in [4.78, 5) is 12.4. The van der Waals surface area contributed by atoms with Crippen LogP contribution in [0.5, 0.6) is 0 Å². The number of nitrogens with one attached hydrogen (secondary N) is 1. The fourth-order valence-corrected chi connectivity index (χ4v) is 5.11. The van der Waals surface area contributed by atoms with E-state index in [-0.39, 0.29) is 12.3 Å². The molecule has 1 amide bonds. The first-order chi connectivity index (χ1) is 20.8. The molecule has 2 atom stereocenters. The normalized spacial score (nSPS) is 14.4. The van der Waals surface area contributed by atoms with E-state index in [4.69, 9.17) is 0 Å². The third-order valence-electron chi connectivity index (χ3n) is 6.84. The number of amides is 1. The first kappa shape index (κ1) is 40.8. The van der Waals surface area contributed by atoms with Crippen LogP contribution in [0.4, 0.5) is 0 Å². The second-order valence-electron chi connectivity index (χ2n) is 11.0. The number of aliphatic hydroxyl groups excluding tert-OH is 1. The van der Waals surface area contributed by atoms with Gasteiger partial charge in [0.2, 0.25) is 5.91 Å². The highest BCUT2D eigenvalue weighted by molar-refractivity contribution is 7.85. The van der Waals surface area contributed by atoms with Gasteiger partial charge in [-0.15, -0.1) is 0 Å². The monoisotopic (exact) mass is 619 g/mol. The minimum absolute atomic E-state index is 0.261. The summed E-state index contributed by atoms with van der Waals surface area (Å²) in [6.45, 7) is 4.34. The molecule has 0 spiro atoms. The Labute approximate surface area is 264 Å². The molecule has 0 radical (unpaired) electrons. The van der Waals surface area contributed by atoms with Gasteiger partial charge in [0.05, 0.1) is 17.9 Å². The Morgan fingerprint density at radius 2 is 1.14 bits per heavy atom. The first-order valence-electron chi connectivity index (χ1n) is 16.6. The standard InChI is InChI=1S/C36H61NO5S/c1-3-5-7-9-11-13-15-17-18-20-22-24-26-28-30-32-36(39)37-34(33-43(40,41)42)35(38)31-29-27-25-23-21-19-16-14-12-10-8-6-4-2/h5,7,11-14,17-18,21,23,29,31,34-35,38H,3-4,6,8-10,15-16,19-20,22,24-28,30,32-33H2,1-2H3,(H,37,39)(H,40,41,42)/b7-5-,13-11-,14-12+,18-17-,23-21+,31-29+. The second kappa shape index (κ2) is 29.8. The Kier molecular flexibility index (Phi) is 28.3. The van der Waals surface area contributed by atoms with Crippen LogP contribution in [-0.2, 0) is 14.9 Å². The van der Waals surface area contributed by atoms with Crippen LogP contribution in [0.2, 0.25) is 0 Å². The molecule has 0 saturated heterocycles. The van der Waals surface area contributed by atoms with Crippen molar-refractivity contribution >= 4 is 16.0 Å². The number of unbranched alkanes of at least 4 members (excludes halogenated alkanes) is 10. The van der Waals surface area contributed by atoms with Crippen LogP contribution in [0.25, 0.3) is 0 Å². The lowest BCUT2D eigenvalue weighted by Crippen LogP contribution is -2.46. The molecule has 0 aromatic heterocycles. The molecule has 0 aromatic rings. The van der Waals surface area contributed by atoms with Gasteiger partial charge in [0.1, 0.15) is 0 Å². The highest BCUT2D eigenvalue weighted by Crippen LogP contribution is 2.09. The van der Waals surface area contributed by atoms with E-state index < -0.39 is 28.0 Å². The lowest BCUT2D eigenvalue weighted by Gasteiger charge is -2.21. The minimum atomic E-state index is -4.36. The molecule has 6 nitrogen and oxygen atoms in total. The van der Waals surface area contributed by atoms with Crippen molar-refractivity contribution in [2.24, 2.45) is 0 Å². The van der Waals surface area contributed by atoms with Crippen LogP contribution in [0.15, 0.2) is 72.9 Å². The van der Waals surface area contributed by atoms with Crippen LogP contribution in [-0.4, -0.2) is 41.9 Å². The van der Waals surface area contributed by atoms with Crippen molar-refractivity contribution in [3.05, 3.63) is 72.9 Å². The molecule has 2 unspecified atom stereocenters. The predicted molar refractivity (Wildman–Crippen MR) is 184 cm³/mol. The van der Waals surface area contributed by atoms with Crippen molar-refractivity contribution in [3.63, 3.8) is 0 Å². The van der Waals surface area contributed by atoms with E-state index in [0.29, 0.717) is 12.8 Å². The smallest absolute Gasteiger partial charge is 0.267 e. The van der Waals surface area contributed by atoms with Gasteiger partial charge in [-0.2, -0.15) is 8.42 Å². The molecule has 0 bridgehead atoms. The van der Waals surface area contributed by atoms with E-state index in [0.717, 1.165) is 77.0 Å². The van der Waals surface area contributed by atoms with E-state index in [1.165, 1.54) is 25.3 Å². The van der Waals surface area contributed by atoms with Crippen LogP contribution in [0.1, 0.15) is 129 Å². The highest BCUT2D eigenvalue weighted by atomic mass is 32.2. The predicted octanol–water partition coefficient (Wildman–Crippen LogP) is 9.12. The van der Waals surface area contributed by atoms with Gasteiger partial charge in [-0.05, 0) is 77.0 Å².